The second-order valence-electron chi connectivity index (χ2n) is 9.23. The highest BCUT2D eigenvalue weighted by atomic mass is 127. The first-order valence-electron chi connectivity index (χ1n) is 13.1. The minimum Gasteiger partial charge on any atom is -0.493 e. The number of halogens is 1. The first-order valence-corrected chi connectivity index (χ1v) is 15.0. The molecule has 0 aromatic heterocycles. The van der Waals surface area contributed by atoms with E-state index in [4.69, 9.17) is 19.6 Å². The number of carbonyl (C=O) groups is 1. The van der Waals surface area contributed by atoms with Crippen molar-refractivity contribution in [2.45, 2.75) is 52.4 Å². The van der Waals surface area contributed by atoms with Crippen molar-refractivity contribution in [3.63, 3.8) is 0 Å². The molecule has 1 N–H and O–H groups in total. The Balaban J connectivity index is 1.42. The van der Waals surface area contributed by atoms with E-state index in [1.54, 1.807) is 19.3 Å². The molecule has 2 aliphatic heterocycles. The highest BCUT2D eigenvalue weighted by Crippen LogP contribution is 2.36. The fourth-order valence-corrected chi connectivity index (χ4v) is 5.86. The Bertz CT molecular complexity index is 1320. The first kappa shape index (κ1) is 29.1. The van der Waals surface area contributed by atoms with Crippen molar-refractivity contribution in [2.24, 2.45) is 10.1 Å². The van der Waals surface area contributed by atoms with Crippen LogP contribution in [0.4, 0.5) is 0 Å². The number of amidine groups is 2. The zero-order chi connectivity index (χ0) is 27.8. The number of hydrogen-bond acceptors (Lipinski definition) is 7. The minimum absolute atomic E-state index is 0.0288. The van der Waals surface area contributed by atoms with Crippen LogP contribution in [0.5, 0.6) is 17.2 Å². The number of nitrogens with one attached hydrogen (secondary N) is 1. The summed E-state index contributed by atoms with van der Waals surface area (Å²) in [6.07, 6.45) is 8.35. The normalized spacial score (nSPS) is 15.8. The largest absolute Gasteiger partial charge is 0.493 e. The number of methoxy groups -OCH3 is 1. The van der Waals surface area contributed by atoms with Gasteiger partial charge in [-0.15, -0.1) is 0 Å². The van der Waals surface area contributed by atoms with Crippen LogP contribution in [0.3, 0.4) is 0 Å². The lowest BCUT2D eigenvalue weighted by molar-refractivity contribution is -0.114. The van der Waals surface area contributed by atoms with Crippen LogP contribution in [0, 0.1) is 15.9 Å². The van der Waals surface area contributed by atoms with Crippen LogP contribution >= 0.6 is 34.4 Å². The lowest BCUT2D eigenvalue weighted by Gasteiger charge is -2.20. The molecule has 0 unspecified atom stereocenters. The number of carbonyl (C=O) groups excluding carboxylic acids is 1. The number of rotatable bonds is 13. The molecule has 1 amide bonds. The van der Waals surface area contributed by atoms with E-state index in [0.29, 0.717) is 35.4 Å². The number of aryl methyl sites for hydroxylation is 1. The van der Waals surface area contributed by atoms with Crippen LogP contribution in [0.1, 0.15) is 56.6 Å². The zero-order valence-corrected chi connectivity index (χ0v) is 25.4. The van der Waals surface area contributed by atoms with E-state index in [1.807, 2.05) is 37.3 Å². The molecule has 2 aromatic carbocycles. The molecule has 8 nitrogen and oxygen atoms in total. The van der Waals surface area contributed by atoms with E-state index in [2.05, 4.69) is 39.6 Å². The maximum Gasteiger partial charge on any atom is 0.283 e. The molecule has 0 bridgehead atoms. The van der Waals surface area contributed by atoms with Gasteiger partial charge in [-0.2, -0.15) is 15.1 Å². The number of ether oxygens (including phenoxy) is 3. The predicted octanol–water partition coefficient (Wildman–Crippen LogP) is 7.05. The summed E-state index contributed by atoms with van der Waals surface area (Å²) in [6, 6.07) is 11.5. The zero-order valence-electron chi connectivity index (χ0n) is 22.5. The van der Waals surface area contributed by atoms with Crippen molar-refractivity contribution in [3.8, 4) is 17.2 Å². The SMILES string of the molecule is CCCCCCCC1=NN2C(=N)/C(=C/c3cc(I)c(OCCOc4cccc(C)c4)c(OC)c3)C(=O)N=C2S1. The average Bonchev–Trinajstić information content (AvgIpc) is 3.32. The van der Waals surface area contributed by atoms with Crippen LogP contribution in [-0.2, 0) is 4.79 Å². The summed E-state index contributed by atoms with van der Waals surface area (Å²) in [7, 11) is 1.57. The van der Waals surface area contributed by atoms with E-state index >= 15 is 0 Å². The third-order valence-corrected chi connectivity index (χ3v) is 7.91. The maximum atomic E-state index is 12.9. The van der Waals surface area contributed by atoms with Gasteiger partial charge in [0.2, 0.25) is 5.17 Å². The van der Waals surface area contributed by atoms with Crippen molar-refractivity contribution < 1.29 is 19.0 Å². The van der Waals surface area contributed by atoms with Crippen molar-refractivity contribution >= 4 is 62.4 Å². The fraction of sp³-hybridized carbons (Fsp3) is 0.379. The standard InChI is InChI=1S/C29H33IN4O4S/c1-4-5-6-7-8-12-25-33-34-27(31)22(28(35)32-29(34)39-25)16-20-17-23(30)26(24(18-20)36-3)38-14-13-37-21-11-9-10-19(2)15-21/h9-11,15-18,31H,4-8,12-14H2,1-3H3/b22-16-,31-27?. The summed E-state index contributed by atoms with van der Waals surface area (Å²) >= 11 is 3.56. The van der Waals surface area contributed by atoms with Gasteiger partial charge in [0, 0.05) is 0 Å². The maximum absolute atomic E-state index is 12.9. The van der Waals surface area contributed by atoms with Gasteiger partial charge in [0.15, 0.2) is 17.3 Å². The lowest BCUT2D eigenvalue weighted by atomic mass is 10.1. The quantitative estimate of drug-likeness (QED) is 0.141. The third-order valence-electron chi connectivity index (χ3n) is 6.14. The van der Waals surface area contributed by atoms with Gasteiger partial charge >= 0.3 is 0 Å². The monoisotopic (exact) mass is 660 g/mol. The van der Waals surface area contributed by atoms with Gasteiger partial charge in [-0.1, -0.05) is 44.7 Å². The third kappa shape index (κ3) is 7.63. The number of hydrogen-bond donors (Lipinski definition) is 1. The second kappa shape index (κ2) is 14.0. The number of unbranched alkanes of at least 4 members (excludes halogenated alkanes) is 4. The number of nitrogens with zero attached hydrogens (tertiary/aromatic N) is 3. The van der Waals surface area contributed by atoms with Crippen LogP contribution < -0.4 is 14.2 Å². The number of amides is 1. The van der Waals surface area contributed by atoms with Crippen molar-refractivity contribution in [1.29, 1.82) is 5.41 Å². The fourth-order valence-electron chi connectivity index (χ4n) is 4.15. The Morgan fingerprint density at radius 1 is 1.10 bits per heavy atom. The van der Waals surface area contributed by atoms with Crippen LogP contribution in [0.25, 0.3) is 6.08 Å². The summed E-state index contributed by atoms with van der Waals surface area (Å²) < 4.78 is 18.2. The lowest BCUT2D eigenvalue weighted by Crippen LogP contribution is -2.35. The molecule has 4 rings (SSSR count). The molecule has 2 aromatic rings. The number of benzene rings is 2. The summed E-state index contributed by atoms with van der Waals surface area (Å²) in [5, 5.41) is 16.1. The first-order chi connectivity index (χ1) is 18.9. The van der Waals surface area contributed by atoms with Crippen molar-refractivity contribution in [3.05, 3.63) is 56.7 Å². The molecule has 206 valence electrons. The second-order valence-corrected chi connectivity index (χ2v) is 11.4. The molecule has 0 atom stereocenters. The Labute approximate surface area is 247 Å². The molecule has 0 radical (unpaired) electrons. The number of aliphatic imine (C=N–C) groups is 1. The van der Waals surface area contributed by atoms with Gasteiger partial charge in [0.05, 0.1) is 16.3 Å². The molecule has 0 saturated heterocycles. The Kier molecular flexibility index (Phi) is 10.4. The van der Waals surface area contributed by atoms with Gasteiger partial charge in [-0.3, -0.25) is 10.2 Å². The molecule has 2 aliphatic rings. The summed E-state index contributed by atoms with van der Waals surface area (Å²) in [5.41, 5.74) is 2.03. The predicted molar refractivity (Wildman–Crippen MR) is 166 cm³/mol. The molecular weight excluding hydrogens is 627 g/mol. The minimum atomic E-state index is -0.444. The molecule has 0 spiro atoms. The van der Waals surface area contributed by atoms with Crippen LogP contribution in [-0.4, -0.2) is 47.3 Å². The van der Waals surface area contributed by atoms with E-state index < -0.39 is 5.91 Å². The average molecular weight is 661 g/mol. The van der Waals surface area contributed by atoms with Gasteiger partial charge in [0.1, 0.15) is 24.0 Å². The number of fused-ring (bicyclic) bond motifs is 1. The molecule has 0 saturated carbocycles. The van der Waals surface area contributed by atoms with E-state index in [-0.39, 0.29) is 11.4 Å². The van der Waals surface area contributed by atoms with Crippen LogP contribution in [0.15, 0.2) is 52.1 Å². The highest BCUT2D eigenvalue weighted by Gasteiger charge is 2.35. The topological polar surface area (TPSA) is 96.6 Å². The van der Waals surface area contributed by atoms with E-state index in [1.165, 1.54) is 36.0 Å². The molecule has 10 heteroatoms. The van der Waals surface area contributed by atoms with Gasteiger partial charge in [-0.05, 0) is 95.6 Å². The van der Waals surface area contributed by atoms with E-state index in [0.717, 1.165) is 39.2 Å². The highest BCUT2D eigenvalue weighted by molar-refractivity contribution is 14.1. The van der Waals surface area contributed by atoms with Crippen molar-refractivity contribution in [1.82, 2.24) is 5.01 Å². The molecule has 39 heavy (non-hydrogen) atoms. The number of hydrazone groups is 1. The smallest absolute Gasteiger partial charge is 0.283 e. The Hall–Kier alpha value is -2.86. The van der Waals surface area contributed by atoms with Gasteiger partial charge < -0.3 is 14.2 Å². The molecule has 2 heterocycles. The molecule has 0 aliphatic carbocycles. The summed E-state index contributed by atoms with van der Waals surface area (Å²) in [6.45, 7) is 4.94. The molecular formula is C29H33IN4O4S. The van der Waals surface area contributed by atoms with Crippen LogP contribution in [0.2, 0.25) is 0 Å². The number of thioether (sulfide) groups is 1. The van der Waals surface area contributed by atoms with Gasteiger partial charge in [0.25, 0.3) is 5.91 Å². The summed E-state index contributed by atoms with van der Waals surface area (Å²) in [4.78, 5) is 17.1. The molecule has 0 fully saturated rings. The van der Waals surface area contributed by atoms with Gasteiger partial charge in [-0.25, -0.2) is 0 Å². The van der Waals surface area contributed by atoms with E-state index in [9.17, 15) is 4.79 Å². The Morgan fingerprint density at radius 2 is 1.90 bits per heavy atom. The van der Waals surface area contributed by atoms with Crippen molar-refractivity contribution in [2.75, 3.05) is 20.3 Å². The Morgan fingerprint density at radius 3 is 2.67 bits per heavy atom. The summed E-state index contributed by atoms with van der Waals surface area (Å²) in [5.74, 6) is 1.51.